The number of hydrogen-bond acceptors (Lipinski definition) is 2. The highest BCUT2D eigenvalue weighted by molar-refractivity contribution is 5.24. The number of aliphatic hydroxyl groups is 1. The van der Waals surface area contributed by atoms with E-state index in [1.807, 2.05) is 60.7 Å². The Morgan fingerprint density at radius 1 is 0.952 bits per heavy atom. The Labute approximate surface area is 124 Å². The summed E-state index contributed by atoms with van der Waals surface area (Å²) in [7, 11) is 0. The lowest BCUT2D eigenvalue weighted by Gasteiger charge is -2.06. The minimum atomic E-state index is 0.0734. The molecule has 0 aromatic heterocycles. The first-order chi connectivity index (χ1) is 10.3. The molecule has 0 radical (unpaired) electrons. The number of hydrogen-bond donors (Lipinski definition) is 1. The van der Waals surface area contributed by atoms with Crippen LogP contribution in [0.25, 0.3) is 4.85 Å². The molecular formula is C18H17NO2. The van der Waals surface area contributed by atoms with Crippen LogP contribution in [0.5, 0.6) is 0 Å². The summed E-state index contributed by atoms with van der Waals surface area (Å²) in [5.74, 6) is 0.0734. The van der Waals surface area contributed by atoms with Gasteiger partial charge >= 0.3 is 0 Å². The van der Waals surface area contributed by atoms with E-state index in [1.54, 1.807) is 0 Å². The second kappa shape index (κ2) is 7.88. The van der Waals surface area contributed by atoms with Crippen molar-refractivity contribution in [2.45, 2.75) is 13.0 Å². The summed E-state index contributed by atoms with van der Waals surface area (Å²) in [5, 5.41) is 10.0. The zero-order chi connectivity index (χ0) is 14.9. The molecular weight excluding hydrogens is 262 g/mol. The largest absolute Gasteiger partial charge is 0.523 e. The summed E-state index contributed by atoms with van der Waals surface area (Å²) in [4.78, 5) is 3.37. The van der Waals surface area contributed by atoms with Crippen molar-refractivity contribution in [2.24, 2.45) is 0 Å². The first-order valence-corrected chi connectivity index (χ1v) is 6.73. The molecule has 0 saturated heterocycles. The van der Waals surface area contributed by atoms with E-state index in [1.165, 1.54) is 0 Å². The minimum Gasteiger partial charge on any atom is -0.523 e. The number of rotatable bonds is 6. The summed E-state index contributed by atoms with van der Waals surface area (Å²) in [6.45, 7) is 7.72. The lowest BCUT2D eigenvalue weighted by atomic mass is 10.1. The van der Waals surface area contributed by atoms with Crippen LogP contribution >= 0.6 is 0 Å². The molecule has 0 fully saturated rings. The van der Waals surface area contributed by atoms with Crippen LogP contribution in [0.3, 0.4) is 0 Å². The molecule has 2 aromatic rings. The highest BCUT2D eigenvalue weighted by Gasteiger charge is 2.07. The molecule has 3 nitrogen and oxygen atoms in total. The second-order valence-electron chi connectivity index (χ2n) is 4.65. The van der Waals surface area contributed by atoms with E-state index in [0.29, 0.717) is 13.0 Å². The van der Waals surface area contributed by atoms with Gasteiger partial charge in [0, 0.05) is 6.42 Å². The van der Waals surface area contributed by atoms with E-state index in [2.05, 4.69) is 4.85 Å². The molecule has 3 heteroatoms. The SMILES string of the molecule is [C-]#[N+]/C(COCc1ccccc1)=C(\O)Cc1ccccc1. The fourth-order valence-electron chi connectivity index (χ4n) is 1.91. The number of ether oxygens (including phenoxy) is 1. The van der Waals surface area contributed by atoms with Crippen molar-refractivity contribution in [1.82, 2.24) is 0 Å². The van der Waals surface area contributed by atoms with Gasteiger partial charge in [-0.05, 0) is 11.1 Å². The Morgan fingerprint density at radius 2 is 1.52 bits per heavy atom. The molecule has 0 heterocycles. The quantitative estimate of drug-likeness (QED) is 0.637. The average Bonchev–Trinajstić information content (AvgIpc) is 2.53. The standard InChI is InChI=1S/C18H17NO2/c1-19-17(14-21-13-16-10-6-3-7-11-16)18(20)12-15-8-4-2-5-9-15/h2-11,20H,12-14H2/b18-17-. The van der Waals surface area contributed by atoms with Crippen LogP contribution in [0.2, 0.25) is 0 Å². The molecule has 0 amide bonds. The van der Waals surface area contributed by atoms with Gasteiger partial charge in [0.2, 0.25) is 5.70 Å². The molecule has 0 saturated carbocycles. The predicted octanol–water partition coefficient (Wildman–Crippen LogP) is 4.13. The van der Waals surface area contributed by atoms with E-state index in [4.69, 9.17) is 11.3 Å². The van der Waals surface area contributed by atoms with Crippen LogP contribution in [0.4, 0.5) is 0 Å². The van der Waals surface area contributed by atoms with Crippen molar-refractivity contribution < 1.29 is 9.84 Å². The lowest BCUT2D eigenvalue weighted by molar-refractivity contribution is 0.141. The number of benzene rings is 2. The first kappa shape index (κ1) is 14.8. The molecule has 106 valence electrons. The van der Waals surface area contributed by atoms with Crippen LogP contribution < -0.4 is 0 Å². The molecule has 0 aliphatic rings. The maximum atomic E-state index is 10.0. The third-order valence-electron chi connectivity index (χ3n) is 3.03. The normalized spacial score (nSPS) is 11.6. The van der Waals surface area contributed by atoms with Crippen molar-refractivity contribution in [2.75, 3.05) is 6.61 Å². The second-order valence-corrected chi connectivity index (χ2v) is 4.65. The van der Waals surface area contributed by atoms with E-state index < -0.39 is 0 Å². The number of nitrogens with zero attached hydrogens (tertiary/aromatic N) is 1. The molecule has 0 spiro atoms. The van der Waals surface area contributed by atoms with Gasteiger partial charge in [-0.15, -0.1) is 0 Å². The molecule has 21 heavy (non-hydrogen) atoms. The fraction of sp³-hybridized carbons (Fsp3) is 0.167. The highest BCUT2D eigenvalue weighted by Crippen LogP contribution is 2.12. The van der Waals surface area contributed by atoms with Gasteiger partial charge < -0.3 is 9.84 Å². The maximum Gasteiger partial charge on any atom is 0.227 e. The first-order valence-electron chi connectivity index (χ1n) is 6.73. The smallest absolute Gasteiger partial charge is 0.227 e. The van der Waals surface area contributed by atoms with Gasteiger partial charge in [0.15, 0.2) is 0 Å². The summed E-state index contributed by atoms with van der Waals surface area (Å²) < 4.78 is 5.50. The highest BCUT2D eigenvalue weighted by atomic mass is 16.5. The zero-order valence-corrected chi connectivity index (χ0v) is 11.7. The summed E-state index contributed by atoms with van der Waals surface area (Å²) >= 11 is 0. The maximum absolute atomic E-state index is 10.0. The van der Waals surface area contributed by atoms with Crippen molar-refractivity contribution in [3.63, 3.8) is 0 Å². The van der Waals surface area contributed by atoms with Crippen molar-refractivity contribution >= 4 is 0 Å². The molecule has 0 aliphatic carbocycles. The van der Waals surface area contributed by atoms with Crippen molar-refractivity contribution in [3.8, 4) is 0 Å². The van der Waals surface area contributed by atoms with Crippen LogP contribution in [0, 0.1) is 6.57 Å². The van der Waals surface area contributed by atoms with Crippen molar-refractivity contribution in [1.29, 1.82) is 0 Å². The average molecular weight is 279 g/mol. The van der Waals surface area contributed by atoms with Gasteiger partial charge in [0.1, 0.15) is 5.76 Å². The molecule has 0 bridgehead atoms. The third kappa shape index (κ3) is 4.79. The summed E-state index contributed by atoms with van der Waals surface area (Å²) in [6.07, 6.45) is 0.354. The number of allylic oxidation sites excluding steroid dienone is 1. The minimum absolute atomic E-state index is 0.0734. The molecule has 0 unspecified atom stereocenters. The lowest BCUT2D eigenvalue weighted by Crippen LogP contribution is -2.01. The van der Waals surface area contributed by atoms with E-state index in [0.717, 1.165) is 11.1 Å². The van der Waals surface area contributed by atoms with Crippen LogP contribution in [-0.2, 0) is 17.8 Å². The number of aliphatic hydroxyl groups excluding tert-OH is 1. The Morgan fingerprint density at radius 3 is 2.10 bits per heavy atom. The fourth-order valence-corrected chi connectivity index (χ4v) is 1.91. The van der Waals surface area contributed by atoms with E-state index in [9.17, 15) is 5.11 Å². The summed E-state index contributed by atoms with van der Waals surface area (Å²) in [5.41, 5.74) is 2.28. The molecule has 2 aromatic carbocycles. The zero-order valence-electron chi connectivity index (χ0n) is 11.7. The third-order valence-corrected chi connectivity index (χ3v) is 3.03. The van der Waals surface area contributed by atoms with E-state index >= 15 is 0 Å². The molecule has 0 atom stereocenters. The Balaban J connectivity index is 1.92. The van der Waals surface area contributed by atoms with Gasteiger partial charge in [-0.25, -0.2) is 4.85 Å². The van der Waals surface area contributed by atoms with Gasteiger partial charge in [-0.2, -0.15) is 0 Å². The molecule has 2 rings (SSSR count). The topological polar surface area (TPSA) is 33.8 Å². The summed E-state index contributed by atoms with van der Waals surface area (Å²) in [6, 6.07) is 19.3. The Bertz CT molecular complexity index is 627. The van der Waals surface area contributed by atoms with Crippen molar-refractivity contribution in [3.05, 3.63) is 94.7 Å². The van der Waals surface area contributed by atoms with E-state index in [-0.39, 0.29) is 18.1 Å². The van der Waals surface area contributed by atoms with Gasteiger partial charge in [-0.3, -0.25) is 0 Å². The monoisotopic (exact) mass is 279 g/mol. The van der Waals surface area contributed by atoms with Crippen LogP contribution in [0.1, 0.15) is 11.1 Å². The Kier molecular flexibility index (Phi) is 5.57. The van der Waals surface area contributed by atoms with Gasteiger partial charge in [-0.1, -0.05) is 60.7 Å². The van der Waals surface area contributed by atoms with Gasteiger partial charge in [0.25, 0.3) is 0 Å². The van der Waals surface area contributed by atoms with Crippen LogP contribution in [0.15, 0.2) is 72.1 Å². The molecule has 1 N–H and O–H groups in total. The van der Waals surface area contributed by atoms with Crippen LogP contribution in [-0.4, -0.2) is 11.7 Å². The predicted molar refractivity (Wildman–Crippen MR) is 82.5 cm³/mol. The van der Waals surface area contributed by atoms with Gasteiger partial charge in [0.05, 0.1) is 19.8 Å². The Hall–Kier alpha value is -2.57. The molecule has 0 aliphatic heterocycles.